The molecule has 0 unspecified atom stereocenters. The molecule has 1 atom stereocenters. The summed E-state index contributed by atoms with van der Waals surface area (Å²) in [5, 5.41) is 0.487. The number of halogens is 1. The molecular weight excluding hydrogens is 326 g/mol. The molecule has 0 N–H and O–H groups in total. The van der Waals surface area contributed by atoms with Crippen LogP contribution in [0.3, 0.4) is 0 Å². The standard InChI is InChI=1S/C18H14ClN3O2/c1-11-20-14-7-2-3-8-15(14)21(11)16-10-17(23)22(18(16)24)13-6-4-5-12(19)9-13/h2-9,16H,10H2,1H3/t16-/m0/s1. The second-order valence-corrected chi connectivity index (χ2v) is 6.22. The number of fused-ring (bicyclic) bond motifs is 1. The van der Waals surface area contributed by atoms with Crippen molar-refractivity contribution in [2.45, 2.75) is 19.4 Å². The number of carbonyl (C=O) groups is 2. The van der Waals surface area contributed by atoms with Crippen LogP contribution in [-0.4, -0.2) is 21.4 Å². The van der Waals surface area contributed by atoms with Crippen molar-refractivity contribution < 1.29 is 9.59 Å². The monoisotopic (exact) mass is 339 g/mol. The first kappa shape index (κ1) is 14.9. The Morgan fingerprint density at radius 2 is 1.92 bits per heavy atom. The fraction of sp³-hybridized carbons (Fsp3) is 0.167. The molecule has 2 amide bonds. The van der Waals surface area contributed by atoms with Gasteiger partial charge >= 0.3 is 0 Å². The number of amides is 2. The zero-order valence-electron chi connectivity index (χ0n) is 12.9. The van der Waals surface area contributed by atoms with Crippen molar-refractivity contribution in [2.24, 2.45) is 0 Å². The van der Waals surface area contributed by atoms with Crippen molar-refractivity contribution in [3.8, 4) is 0 Å². The Hall–Kier alpha value is -2.66. The maximum absolute atomic E-state index is 12.9. The van der Waals surface area contributed by atoms with Crippen LogP contribution in [0.5, 0.6) is 0 Å². The van der Waals surface area contributed by atoms with E-state index in [1.54, 1.807) is 24.3 Å². The van der Waals surface area contributed by atoms with E-state index in [4.69, 9.17) is 11.6 Å². The van der Waals surface area contributed by atoms with Gasteiger partial charge in [0, 0.05) is 5.02 Å². The second kappa shape index (κ2) is 5.46. The van der Waals surface area contributed by atoms with Crippen LogP contribution in [0.4, 0.5) is 5.69 Å². The van der Waals surface area contributed by atoms with Crippen LogP contribution < -0.4 is 4.90 Å². The number of imide groups is 1. The Kier molecular flexibility index (Phi) is 3.39. The molecule has 5 nitrogen and oxygen atoms in total. The van der Waals surface area contributed by atoms with E-state index in [1.807, 2.05) is 35.8 Å². The average Bonchev–Trinajstić information content (AvgIpc) is 3.02. The molecule has 1 saturated heterocycles. The minimum atomic E-state index is -0.580. The molecule has 1 aromatic heterocycles. The molecule has 0 spiro atoms. The van der Waals surface area contributed by atoms with Gasteiger partial charge in [0.25, 0.3) is 5.91 Å². The van der Waals surface area contributed by atoms with E-state index in [2.05, 4.69) is 4.98 Å². The van der Waals surface area contributed by atoms with E-state index in [0.717, 1.165) is 16.9 Å². The molecule has 0 aliphatic carbocycles. The molecule has 6 heteroatoms. The summed E-state index contributed by atoms with van der Waals surface area (Å²) in [6.07, 6.45) is 0.118. The number of hydrogen-bond acceptors (Lipinski definition) is 3. The van der Waals surface area contributed by atoms with E-state index in [0.29, 0.717) is 10.7 Å². The lowest BCUT2D eigenvalue weighted by Crippen LogP contribution is -2.31. The topological polar surface area (TPSA) is 55.2 Å². The number of aromatic nitrogens is 2. The van der Waals surface area contributed by atoms with Gasteiger partial charge in [0.2, 0.25) is 5.91 Å². The summed E-state index contributed by atoms with van der Waals surface area (Å²) in [7, 11) is 0. The summed E-state index contributed by atoms with van der Waals surface area (Å²) in [4.78, 5) is 31.1. The molecule has 120 valence electrons. The molecule has 0 radical (unpaired) electrons. The lowest BCUT2D eigenvalue weighted by atomic mass is 10.2. The molecular formula is C18H14ClN3O2. The molecule has 1 aliphatic rings. The first-order valence-corrected chi connectivity index (χ1v) is 8.00. The summed E-state index contributed by atoms with van der Waals surface area (Å²) in [5.74, 6) is 0.230. The van der Waals surface area contributed by atoms with E-state index < -0.39 is 6.04 Å². The number of nitrogens with zero attached hydrogens (tertiary/aromatic N) is 3. The predicted molar refractivity (Wildman–Crippen MR) is 92.1 cm³/mol. The highest BCUT2D eigenvalue weighted by Crippen LogP contribution is 2.33. The van der Waals surface area contributed by atoms with E-state index in [1.165, 1.54) is 4.90 Å². The van der Waals surface area contributed by atoms with Crippen molar-refractivity contribution in [3.63, 3.8) is 0 Å². The third kappa shape index (κ3) is 2.20. The normalized spacial score (nSPS) is 17.9. The number of aryl methyl sites for hydroxylation is 1. The highest BCUT2D eigenvalue weighted by molar-refractivity contribution is 6.31. The van der Waals surface area contributed by atoms with Crippen LogP contribution in [0.2, 0.25) is 5.02 Å². The summed E-state index contributed by atoms with van der Waals surface area (Å²) in [6, 6.07) is 13.8. The smallest absolute Gasteiger partial charge is 0.257 e. The van der Waals surface area contributed by atoms with Gasteiger partial charge in [0.1, 0.15) is 11.9 Å². The number of anilines is 1. The molecule has 0 bridgehead atoms. The van der Waals surface area contributed by atoms with Crippen molar-refractivity contribution in [3.05, 3.63) is 59.4 Å². The summed E-state index contributed by atoms with van der Waals surface area (Å²) in [5.41, 5.74) is 2.17. The Morgan fingerprint density at radius 3 is 2.71 bits per heavy atom. The Labute approximate surface area is 143 Å². The molecule has 24 heavy (non-hydrogen) atoms. The van der Waals surface area contributed by atoms with Gasteiger partial charge in [-0.25, -0.2) is 9.88 Å². The van der Waals surface area contributed by atoms with Gasteiger partial charge in [0.15, 0.2) is 0 Å². The molecule has 2 aromatic carbocycles. The zero-order chi connectivity index (χ0) is 16.8. The number of benzene rings is 2. The van der Waals surface area contributed by atoms with Gasteiger partial charge in [-0.1, -0.05) is 29.8 Å². The van der Waals surface area contributed by atoms with Gasteiger partial charge in [-0.15, -0.1) is 0 Å². The fourth-order valence-electron chi connectivity index (χ4n) is 3.26. The summed E-state index contributed by atoms with van der Waals surface area (Å²) >= 11 is 5.99. The third-order valence-electron chi connectivity index (χ3n) is 4.27. The summed E-state index contributed by atoms with van der Waals surface area (Å²) in [6.45, 7) is 1.85. The van der Waals surface area contributed by atoms with Crippen LogP contribution in [0.1, 0.15) is 18.3 Å². The first-order valence-electron chi connectivity index (χ1n) is 7.62. The first-order chi connectivity index (χ1) is 11.6. The number of carbonyl (C=O) groups excluding carboxylic acids is 2. The lowest BCUT2D eigenvalue weighted by molar-refractivity contribution is -0.122. The Balaban J connectivity index is 1.79. The number of hydrogen-bond donors (Lipinski definition) is 0. The zero-order valence-corrected chi connectivity index (χ0v) is 13.7. The van der Waals surface area contributed by atoms with E-state index in [9.17, 15) is 9.59 Å². The minimum Gasteiger partial charge on any atom is -0.315 e. The molecule has 1 fully saturated rings. The van der Waals surface area contributed by atoms with Crippen LogP contribution >= 0.6 is 11.6 Å². The van der Waals surface area contributed by atoms with Gasteiger partial charge in [-0.2, -0.15) is 0 Å². The van der Waals surface area contributed by atoms with Gasteiger partial charge in [-0.05, 0) is 37.3 Å². The summed E-state index contributed by atoms with van der Waals surface area (Å²) < 4.78 is 1.85. The van der Waals surface area contributed by atoms with Gasteiger partial charge in [0.05, 0.1) is 23.1 Å². The maximum atomic E-state index is 12.9. The van der Waals surface area contributed by atoms with Gasteiger partial charge < -0.3 is 4.57 Å². The van der Waals surface area contributed by atoms with Crippen LogP contribution in [0.15, 0.2) is 48.5 Å². The average molecular weight is 340 g/mol. The number of para-hydroxylation sites is 2. The fourth-order valence-corrected chi connectivity index (χ4v) is 3.45. The molecule has 1 aliphatic heterocycles. The van der Waals surface area contributed by atoms with Crippen molar-refractivity contribution >= 4 is 40.1 Å². The van der Waals surface area contributed by atoms with Crippen molar-refractivity contribution in [1.82, 2.24) is 9.55 Å². The lowest BCUT2D eigenvalue weighted by Gasteiger charge is -2.17. The highest BCUT2D eigenvalue weighted by atomic mass is 35.5. The third-order valence-corrected chi connectivity index (χ3v) is 4.51. The number of imidazole rings is 1. The largest absolute Gasteiger partial charge is 0.315 e. The van der Waals surface area contributed by atoms with Crippen LogP contribution in [0, 0.1) is 6.92 Å². The predicted octanol–water partition coefficient (Wildman–Crippen LogP) is 3.50. The van der Waals surface area contributed by atoms with Crippen LogP contribution in [-0.2, 0) is 9.59 Å². The van der Waals surface area contributed by atoms with E-state index in [-0.39, 0.29) is 18.2 Å². The Bertz CT molecular complexity index is 979. The number of rotatable bonds is 2. The van der Waals surface area contributed by atoms with Gasteiger partial charge in [-0.3, -0.25) is 9.59 Å². The molecule has 4 rings (SSSR count). The maximum Gasteiger partial charge on any atom is 0.257 e. The minimum absolute atomic E-state index is 0.118. The molecule has 2 heterocycles. The quantitative estimate of drug-likeness (QED) is 0.671. The molecule has 0 saturated carbocycles. The van der Waals surface area contributed by atoms with Crippen molar-refractivity contribution in [2.75, 3.05) is 4.90 Å². The second-order valence-electron chi connectivity index (χ2n) is 5.78. The Morgan fingerprint density at radius 1 is 1.12 bits per heavy atom. The molecule has 3 aromatic rings. The van der Waals surface area contributed by atoms with Crippen molar-refractivity contribution in [1.29, 1.82) is 0 Å². The highest BCUT2D eigenvalue weighted by Gasteiger charge is 2.41. The van der Waals surface area contributed by atoms with Crippen LogP contribution in [0.25, 0.3) is 11.0 Å². The SMILES string of the molecule is Cc1nc2ccccc2n1[C@H]1CC(=O)N(c2cccc(Cl)c2)C1=O. The van der Waals surface area contributed by atoms with E-state index >= 15 is 0 Å².